The summed E-state index contributed by atoms with van der Waals surface area (Å²) in [6, 6.07) is 17.8. The molecule has 1 amide bonds. The molecule has 140 valence electrons. The van der Waals surface area contributed by atoms with Crippen LogP contribution < -0.4 is 4.74 Å². The third-order valence-corrected chi connectivity index (χ3v) is 6.12. The molecule has 28 heavy (non-hydrogen) atoms. The lowest BCUT2D eigenvalue weighted by Gasteiger charge is -2.31. The minimum atomic E-state index is 0.0199. The molecule has 1 aliphatic rings. The molecule has 6 heteroatoms. The Bertz CT molecular complexity index is 1110. The quantitative estimate of drug-likeness (QED) is 0.517. The lowest BCUT2D eigenvalue weighted by atomic mass is 10.1. The van der Waals surface area contributed by atoms with Crippen molar-refractivity contribution in [1.82, 2.24) is 14.9 Å². The van der Waals surface area contributed by atoms with Gasteiger partial charge in [-0.1, -0.05) is 30.3 Å². The lowest BCUT2D eigenvalue weighted by molar-refractivity contribution is 0.0597. The van der Waals surface area contributed by atoms with E-state index in [1.807, 2.05) is 59.5 Å². The Balaban J connectivity index is 1.26. The molecule has 2 aromatic heterocycles. The van der Waals surface area contributed by atoms with Gasteiger partial charge in [-0.25, -0.2) is 4.98 Å². The van der Waals surface area contributed by atoms with Gasteiger partial charge >= 0.3 is 0 Å². The maximum atomic E-state index is 12.8. The number of para-hydroxylation sites is 2. The second-order valence-corrected chi connectivity index (χ2v) is 7.96. The lowest BCUT2D eigenvalue weighted by Crippen LogP contribution is -2.41. The molecule has 0 bridgehead atoms. The normalized spacial score (nSPS) is 15.2. The fraction of sp³-hybridized carbons (Fsp3) is 0.227. The van der Waals surface area contributed by atoms with E-state index in [-0.39, 0.29) is 12.0 Å². The first-order valence-electron chi connectivity index (χ1n) is 9.43. The van der Waals surface area contributed by atoms with Crippen molar-refractivity contribution in [2.24, 2.45) is 0 Å². The Morgan fingerprint density at radius 3 is 2.71 bits per heavy atom. The highest BCUT2D eigenvalue weighted by molar-refractivity contribution is 7.20. The molecule has 4 aromatic rings. The van der Waals surface area contributed by atoms with Crippen LogP contribution in [-0.4, -0.2) is 40.0 Å². The smallest absolute Gasteiger partial charge is 0.282 e. The highest BCUT2D eigenvalue weighted by Crippen LogP contribution is 2.28. The molecule has 1 aliphatic heterocycles. The average molecular weight is 389 g/mol. The zero-order chi connectivity index (χ0) is 18.9. The van der Waals surface area contributed by atoms with E-state index in [0.717, 1.165) is 39.7 Å². The number of aromatic nitrogens is 2. The molecule has 5 rings (SSSR count). The Kier molecular flexibility index (Phi) is 4.41. The maximum absolute atomic E-state index is 12.8. The minimum absolute atomic E-state index is 0.0199. The highest BCUT2D eigenvalue weighted by atomic mass is 32.1. The van der Waals surface area contributed by atoms with E-state index in [1.165, 1.54) is 11.3 Å². The summed E-state index contributed by atoms with van der Waals surface area (Å²) in [5.74, 6) is 0.834. The van der Waals surface area contributed by atoms with Crippen LogP contribution in [0.2, 0.25) is 0 Å². The zero-order valence-corrected chi connectivity index (χ0v) is 16.1. The largest absolute Gasteiger partial charge is 0.488 e. The van der Waals surface area contributed by atoms with Gasteiger partial charge in [0.15, 0.2) is 5.01 Å². The molecule has 0 radical (unpaired) electrons. The second-order valence-electron chi connectivity index (χ2n) is 6.93. The molecule has 0 unspecified atom stereocenters. The number of likely N-dealkylation sites (tertiary alicyclic amines) is 1. The van der Waals surface area contributed by atoms with Crippen molar-refractivity contribution in [3.05, 3.63) is 65.8 Å². The number of ether oxygens (including phenoxy) is 1. The standard InChI is InChI=1S/C22H19N3O2S/c26-22(21-24-17-7-1-2-9-19(17)28-21)25-13-10-16(11-14-25)27-18-8-3-5-15-6-4-12-23-20(15)18/h1-9,12,16H,10-11,13-14H2. The molecule has 0 saturated carbocycles. The molecule has 0 atom stereocenters. The molecule has 1 saturated heterocycles. The number of piperidine rings is 1. The number of thiazole rings is 1. The number of pyridine rings is 1. The summed E-state index contributed by atoms with van der Waals surface area (Å²) < 4.78 is 7.29. The van der Waals surface area contributed by atoms with Gasteiger partial charge in [0, 0.05) is 37.5 Å². The van der Waals surface area contributed by atoms with Gasteiger partial charge in [0.25, 0.3) is 5.91 Å². The number of benzene rings is 2. The summed E-state index contributed by atoms with van der Waals surface area (Å²) >= 11 is 1.46. The summed E-state index contributed by atoms with van der Waals surface area (Å²) in [6.07, 6.45) is 3.49. The van der Waals surface area contributed by atoms with Crippen molar-refractivity contribution >= 4 is 38.4 Å². The van der Waals surface area contributed by atoms with Crippen LogP contribution in [-0.2, 0) is 0 Å². The topological polar surface area (TPSA) is 55.3 Å². The Hall–Kier alpha value is -2.99. The van der Waals surface area contributed by atoms with Gasteiger partial charge in [-0.3, -0.25) is 9.78 Å². The number of amides is 1. The highest BCUT2D eigenvalue weighted by Gasteiger charge is 2.27. The van der Waals surface area contributed by atoms with E-state index >= 15 is 0 Å². The van der Waals surface area contributed by atoms with E-state index < -0.39 is 0 Å². The molecule has 0 N–H and O–H groups in total. The molecule has 5 nitrogen and oxygen atoms in total. The molecule has 2 aromatic carbocycles. The molecule has 0 spiro atoms. The average Bonchev–Trinajstić information content (AvgIpc) is 3.18. The van der Waals surface area contributed by atoms with Crippen LogP contribution in [0, 0.1) is 0 Å². The number of carbonyl (C=O) groups excluding carboxylic acids is 1. The summed E-state index contributed by atoms with van der Waals surface area (Å²) in [5.41, 5.74) is 1.77. The first kappa shape index (κ1) is 17.1. The van der Waals surface area contributed by atoms with E-state index in [1.54, 1.807) is 6.20 Å². The Morgan fingerprint density at radius 1 is 1.04 bits per heavy atom. The van der Waals surface area contributed by atoms with Gasteiger partial charge in [-0.2, -0.15) is 0 Å². The van der Waals surface area contributed by atoms with Gasteiger partial charge in [-0.15, -0.1) is 11.3 Å². The van der Waals surface area contributed by atoms with Crippen molar-refractivity contribution in [2.45, 2.75) is 18.9 Å². The molecule has 3 heterocycles. The zero-order valence-electron chi connectivity index (χ0n) is 15.2. The van der Waals surface area contributed by atoms with Gasteiger partial charge in [0.1, 0.15) is 17.4 Å². The maximum Gasteiger partial charge on any atom is 0.282 e. The monoisotopic (exact) mass is 389 g/mol. The SMILES string of the molecule is O=C(c1nc2ccccc2s1)N1CCC(Oc2cccc3cccnc23)CC1. The first-order chi connectivity index (χ1) is 13.8. The van der Waals surface area contributed by atoms with Crippen LogP contribution in [0.15, 0.2) is 60.8 Å². The predicted octanol–water partition coefficient (Wildman–Crippen LogP) is 4.53. The van der Waals surface area contributed by atoms with Crippen molar-refractivity contribution in [3.8, 4) is 5.75 Å². The van der Waals surface area contributed by atoms with E-state index in [9.17, 15) is 4.79 Å². The number of hydrogen-bond donors (Lipinski definition) is 0. The number of rotatable bonds is 3. The van der Waals surface area contributed by atoms with Crippen LogP contribution in [0.4, 0.5) is 0 Å². The van der Waals surface area contributed by atoms with Crippen molar-refractivity contribution in [2.75, 3.05) is 13.1 Å². The number of nitrogens with zero attached hydrogens (tertiary/aromatic N) is 3. The van der Waals surface area contributed by atoms with Crippen molar-refractivity contribution in [1.29, 1.82) is 0 Å². The molecule has 1 fully saturated rings. The molecular formula is C22H19N3O2S. The van der Waals surface area contributed by atoms with Crippen LogP contribution >= 0.6 is 11.3 Å². The Labute approximate surface area is 166 Å². The van der Waals surface area contributed by atoms with Crippen LogP contribution in [0.3, 0.4) is 0 Å². The van der Waals surface area contributed by atoms with Crippen molar-refractivity contribution in [3.63, 3.8) is 0 Å². The van der Waals surface area contributed by atoms with Crippen LogP contribution in [0.5, 0.6) is 5.75 Å². The fourth-order valence-electron chi connectivity index (χ4n) is 3.63. The summed E-state index contributed by atoms with van der Waals surface area (Å²) in [5, 5.41) is 1.64. The fourth-order valence-corrected chi connectivity index (χ4v) is 4.56. The van der Waals surface area contributed by atoms with Crippen LogP contribution in [0.1, 0.15) is 22.6 Å². The number of carbonyl (C=O) groups is 1. The summed E-state index contributed by atoms with van der Waals surface area (Å²) in [4.78, 5) is 23.7. The van der Waals surface area contributed by atoms with E-state index in [4.69, 9.17) is 4.74 Å². The molecule has 0 aliphatic carbocycles. The van der Waals surface area contributed by atoms with Gasteiger partial charge in [0.2, 0.25) is 0 Å². The van der Waals surface area contributed by atoms with E-state index in [2.05, 4.69) is 9.97 Å². The van der Waals surface area contributed by atoms with Gasteiger partial charge < -0.3 is 9.64 Å². The second kappa shape index (κ2) is 7.20. The third-order valence-electron chi connectivity index (χ3n) is 5.10. The summed E-state index contributed by atoms with van der Waals surface area (Å²) in [6.45, 7) is 1.36. The minimum Gasteiger partial charge on any atom is -0.488 e. The summed E-state index contributed by atoms with van der Waals surface area (Å²) in [7, 11) is 0. The van der Waals surface area contributed by atoms with Crippen molar-refractivity contribution < 1.29 is 9.53 Å². The van der Waals surface area contributed by atoms with Crippen LogP contribution in [0.25, 0.3) is 21.1 Å². The van der Waals surface area contributed by atoms with Gasteiger partial charge in [0.05, 0.1) is 10.2 Å². The van der Waals surface area contributed by atoms with E-state index in [0.29, 0.717) is 18.1 Å². The van der Waals surface area contributed by atoms with Gasteiger partial charge in [-0.05, 0) is 24.3 Å². The number of hydrogen-bond acceptors (Lipinski definition) is 5. The third kappa shape index (κ3) is 3.20. The first-order valence-corrected chi connectivity index (χ1v) is 10.2. The predicted molar refractivity (Wildman–Crippen MR) is 111 cm³/mol. The Morgan fingerprint density at radius 2 is 1.86 bits per heavy atom. The molecular weight excluding hydrogens is 370 g/mol. The number of fused-ring (bicyclic) bond motifs is 2.